The summed E-state index contributed by atoms with van der Waals surface area (Å²) in [6, 6.07) is 4.06. The molecular weight excluding hydrogens is 261 g/mol. The minimum atomic E-state index is -4.50. The lowest BCUT2D eigenvalue weighted by atomic mass is 10.1. The van der Waals surface area contributed by atoms with Crippen LogP contribution in [0.1, 0.15) is 5.56 Å². The van der Waals surface area contributed by atoms with Crippen LogP contribution < -0.4 is 10.2 Å². The number of halogens is 3. The molecule has 2 N–H and O–H groups in total. The van der Waals surface area contributed by atoms with Crippen LogP contribution >= 0.6 is 0 Å². The second-order valence-electron chi connectivity index (χ2n) is 4.27. The average molecular weight is 274 g/mol. The Morgan fingerprint density at radius 1 is 1.37 bits per heavy atom. The molecule has 0 amide bonds. The van der Waals surface area contributed by atoms with E-state index in [1.807, 2.05) is 0 Å². The van der Waals surface area contributed by atoms with E-state index in [1.54, 1.807) is 0 Å². The Balaban J connectivity index is 2.42. The van der Waals surface area contributed by atoms with Gasteiger partial charge in [0.25, 0.3) is 0 Å². The highest BCUT2D eigenvalue weighted by Gasteiger charge is 2.37. The van der Waals surface area contributed by atoms with Gasteiger partial charge in [-0.05, 0) is 12.1 Å². The fourth-order valence-electron chi connectivity index (χ4n) is 2.18. The summed E-state index contributed by atoms with van der Waals surface area (Å²) in [6.45, 7) is 0.807. The average Bonchev–Trinajstić information content (AvgIpc) is 2.37. The molecule has 19 heavy (non-hydrogen) atoms. The molecule has 1 aromatic rings. The standard InChI is InChI=1S/C12H13F3N2O2/c13-12(14,15)8-3-1-2-4-9(8)17-6-5-16-7-10(17)11(18)19/h1-4,10,16H,5-7H2,(H,18,19). The van der Waals surface area contributed by atoms with E-state index >= 15 is 0 Å². The van der Waals surface area contributed by atoms with E-state index in [1.165, 1.54) is 23.1 Å². The van der Waals surface area contributed by atoms with Gasteiger partial charge in [0.15, 0.2) is 0 Å². The molecule has 0 bridgehead atoms. The molecule has 1 atom stereocenters. The number of alkyl halides is 3. The van der Waals surface area contributed by atoms with Crippen molar-refractivity contribution in [3.05, 3.63) is 29.8 Å². The normalized spacial score (nSPS) is 20.4. The molecule has 1 aromatic carbocycles. The minimum Gasteiger partial charge on any atom is -0.480 e. The van der Waals surface area contributed by atoms with Crippen LogP contribution in [0, 0.1) is 0 Å². The van der Waals surface area contributed by atoms with Crippen LogP contribution in [0.4, 0.5) is 18.9 Å². The number of nitrogens with zero attached hydrogens (tertiary/aromatic N) is 1. The second kappa shape index (κ2) is 5.08. The van der Waals surface area contributed by atoms with Gasteiger partial charge in [-0.3, -0.25) is 0 Å². The summed E-state index contributed by atoms with van der Waals surface area (Å²) in [6.07, 6.45) is -4.50. The number of piperazine rings is 1. The monoisotopic (exact) mass is 274 g/mol. The Morgan fingerprint density at radius 2 is 2.05 bits per heavy atom. The van der Waals surface area contributed by atoms with E-state index in [-0.39, 0.29) is 18.8 Å². The van der Waals surface area contributed by atoms with Gasteiger partial charge in [-0.15, -0.1) is 0 Å². The smallest absolute Gasteiger partial charge is 0.418 e. The lowest BCUT2D eigenvalue weighted by molar-refractivity contribution is -0.140. The molecule has 2 rings (SSSR count). The van der Waals surface area contributed by atoms with Crippen molar-refractivity contribution in [2.45, 2.75) is 12.2 Å². The van der Waals surface area contributed by atoms with Gasteiger partial charge in [-0.1, -0.05) is 12.1 Å². The molecule has 0 aromatic heterocycles. The minimum absolute atomic E-state index is 0.0797. The third-order valence-corrected chi connectivity index (χ3v) is 3.05. The maximum atomic E-state index is 12.9. The van der Waals surface area contributed by atoms with Crippen molar-refractivity contribution in [2.24, 2.45) is 0 Å². The van der Waals surface area contributed by atoms with Crippen molar-refractivity contribution < 1.29 is 23.1 Å². The first-order chi connectivity index (χ1) is 8.91. The van der Waals surface area contributed by atoms with Gasteiger partial charge in [-0.25, -0.2) is 4.79 Å². The van der Waals surface area contributed by atoms with Crippen LogP contribution in [-0.4, -0.2) is 36.8 Å². The predicted octanol–water partition coefficient (Wildman–Crippen LogP) is 1.57. The van der Waals surface area contributed by atoms with Gasteiger partial charge in [0.2, 0.25) is 0 Å². The van der Waals surface area contributed by atoms with E-state index in [0.717, 1.165) is 6.07 Å². The Labute approximate surface area is 107 Å². The van der Waals surface area contributed by atoms with E-state index in [9.17, 15) is 18.0 Å². The highest BCUT2D eigenvalue weighted by atomic mass is 19.4. The van der Waals surface area contributed by atoms with Crippen LogP contribution in [-0.2, 0) is 11.0 Å². The van der Waals surface area contributed by atoms with E-state index in [0.29, 0.717) is 6.54 Å². The summed E-state index contributed by atoms with van der Waals surface area (Å²) in [5, 5.41) is 12.0. The van der Waals surface area contributed by atoms with Gasteiger partial charge < -0.3 is 15.3 Å². The third kappa shape index (κ3) is 2.81. The fraction of sp³-hybridized carbons (Fsp3) is 0.417. The van der Waals surface area contributed by atoms with Gasteiger partial charge in [0, 0.05) is 25.3 Å². The third-order valence-electron chi connectivity index (χ3n) is 3.05. The summed E-state index contributed by atoms with van der Waals surface area (Å²) >= 11 is 0. The predicted molar refractivity (Wildman–Crippen MR) is 63.1 cm³/mol. The van der Waals surface area contributed by atoms with Gasteiger partial charge >= 0.3 is 12.1 Å². The quantitative estimate of drug-likeness (QED) is 0.859. The van der Waals surface area contributed by atoms with Crippen molar-refractivity contribution in [3.8, 4) is 0 Å². The van der Waals surface area contributed by atoms with E-state index < -0.39 is 23.8 Å². The van der Waals surface area contributed by atoms with E-state index in [2.05, 4.69) is 5.32 Å². The molecule has 0 saturated carbocycles. The number of carbonyl (C=O) groups is 1. The Morgan fingerprint density at radius 3 is 2.68 bits per heavy atom. The summed E-state index contributed by atoms with van der Waals surface area (Å²) < 4.78 is 38.8. The Bertz CT molecular complexity index is 476. The van der Waals surface area contributed by atoms with Crippen LogP contribution in [0.25, 0.3) is 0 Å². The van der Waals surface area contributed by atoms with Crippen LogP contribution in [0.3, 0.4) is 0 Å². The Hall–Kier alpha value is -1.76. The molecule has 1 aliphatic rings. The van der Waals surface area contributed by atoms with Crippen LogP contribution in [0.5, 0.6) is 0 Å². The molecule has 4 nitrogen and oxygen atoms in total. The van der Waals surface area contributed by atoms with Crippen molar-refractivity contribution in [1.82, 2.24) is 5.32 Å². The largest absolute Gasteiger partial charge is 0.480 e. The first-order valence-electron chi connectivity index (χ1n) is 5.77. The van der Waals surface area contributed by atoms with Gasteiger partial charge in [0.1, 0.15) is 6.04 Å². The maximum absolute atomic E-state index is 12.9. The van der Waals surface area contributed by atoms with Crippen molar-refractivity contribution in [3.63, 3.8) is 0 Å². The first kappa shape index (κ1) is 13.7. The highest BCUT2D eigenvalue weighted by molar-refractivity contribution is 5.79. The van der Waals surface area contributed by atoms with E-state index in [4.69, 9.17) is 5.11 Å². The number of para-hydroxylation sites is 1. The molecular formula is C12H13F3N2O2. The summed E-state index contributed by atoms with van der Waals surface area (Å²) in [7, 11) is 0. The van der Waals surface area contributed by atoms with Crippen molar-refractivity contribution in [2.75, 3.05) is 24.5 Å². The number of hydrogen-bond acceptors (Lipinski definition) is 3. The number of rotatable bonds is 2. The van der Waals surface area contributed by atoms with Crippen molar-refractivity contribution >= 4 is 11.7 Å². The van der Waals surface area contributed by atoms with Gasteiger partial charge in [-0.2, -0.15) is 13.2 Å². The number of anilines is 1. The molecule has 1 aliphatic heterocycles. The topological polar surface area (TPSA) is 52.6 Å². The number of benzene rings is 1. The molecule has 0 spiro atoms. The number of carboxylic acids is 1. The van der Waals surface area contributed by atoms with Crippen LogP contribution in [0.2, 0.25) is 0 Å². The molecule has 7 heteroatoms. The molecule has 1 fully saturated rings. The number of nitrogens with one attached hydrogen (secondary N) is 1. The Kier molecular flexibility index (Phi) is 3.66. The molecule has 1 saturated heterocycles. The molecule has 0 aliphatic carbocycles. The SMILES string of the molecule is O=C(O)C1CNCCN1c1ccccc1C(F)(F)F. The number of hydrogen-bond donors (Lipinski definition) is 2. The molecule has 0 radical (unpaired) electrons. The fourth-order valence-corrected chi connectivity index (χ4v) is 2.18. The lowest BCUT2D eigenvalue weighted by Gasteiger charge is -2.36. The zero-order valence-electron chi connectivity index (χ0n) is 9.94. The van der Waals surface area contributed by atoms with Crippen molar-refractivity contribution in [1.29, 1.82) is 0 Å². The summed E-state index contributed by atoms with van der Waals surface area (Å²) in [5.74, 6) is -1.14. The summed E-state index contributed by atoms with van der Waals surface area (Å²) in [5.41, 5.74) is -0.882. The zero-order valence-corrected chi connectivity index (χ0v) is 9.94. The molecule has 1 heterocycles. The zero-order chi connectivity index (χ0) is 14.0. The number of aliphatic carboxylic acids is 1. The summed E-state index contributed by atoms with van der Waals surface area (Å²) in [4.78, 5) is 12.4. The van der Waals surface area contributed by atoms with Gasteiger partial charge in [0.05, 0.1) is 5.56 Å². The van der Waals surface area contributed by atoms with Crippen LogP contribution in [0.15, 0.2) is 24.3 Å². The first-order valence-corrected chi connectivity index (χ1v) is 5.77. The molecule has 1 unspecified atom stereocenters. The molecule has 104 valence electrons. The maximum Gasteiger partial charge on any atom is 0.418 e. The number of carboxylic acid groups (broad SMARTS) is 1. The second-order valence-corrected chi connectivity index (χ2v) is 4.27. The highest BCUT2D eigenvalue weighted by Crippen LogP contribution is 2.37. The lowest BCUT2D eigenvalue weighted by Crippen LogP contribution is -2.55.